The Morgan fingerprint density at radius 1 is 1.03 bits per heavy atom. The largest absolute Gasteiger partial charge is 0.489 e. The van der Waals surface area contributed by atoms with Crippen molar-refractivity contribution in [1.29, 1.82) is 0 Å². The molecular formula is C27H25ClN2O2. The van der Waals surface area contributed by atoms with Gasteiger partial charge in [-0.25, -0.2) is 4.98 Å². The van der Waals surface area contributed by atoms with Crippen molar-refractivity contribution < 1.29 is 9.47 Å². The molecule has 2 aromatic carbocycles. The van der Waals surface area contributed by atoms with Crippen LogP contribution in [0.4, 0.5) is 0 Å². The molecular weight excluding hydrogens is 420 g/mol. The van der Waals surface area contributed by atoms with Crippen LogP contribution in [0.2, 0.25) is 5.15 Å². The second kappa shape index (κ2) is 9.27. The Bertz CT molecular complexity index is 1240. The third-order valence-corrected chi connectivity index (χ3v) is 6.30. The number of aryl methyl sites for hydroxylation is 1. The van der Waals surface area contributed by atoms with Gasteiger partial charge in [0.15, 0.2) is 0 Å². The van der Waals surface area contributed by atoms with Gasteiger partial charge >= 0.3 is 0 Å². The monoisotopic (exact) mass is 444 g/mol. The number of nitrogens with zero attached hydrogens (tertiary/aromatic N) is 2. The molecule has 5 heteroatoms. The van der Waals surface area contributed by atoms with Gasteiger partial charge in [-0.3, -0.25) is 4.98 Å². The molecule has 1 aliphatic heterocycles. The van der Waals surface area contributed by atoms with E-state index in [-0.39, 0.29) is 0 Å². The van der Waals surface area contributed by atoms with Crippen LogP contribution in [0.5, 0.6) is 5.75 Å². The Balaban J connectivity index is 1.60. The summed E-state index contributed by atoms with van der Waals surface area (Å²) in [4.78, 5) is 9.19. The van der Waals surface area contributed by atoms with Gasteiger partial charge in [-0.2, -0.15) is 0 Å². The van der Waals surface area contributed by atoms with Crippen molar-refractivity contribution >= 4 is 22.5 Å². The quantitative estimate of drug-likeness (QED) is 0.320. The standard InChI is InChI=1S/C27H25ClN2O2/c1-18-15-21(9-12-29-18)25-23-8-7-22(32-17-19-5-3-2-4-6-19)16-24(23)30-27(28)26(25)20-10-13-31-14-11-20/h2-9,12,15-16,20H,10-11,13-14,17H2,1H3. The summed E-state index contributed by atoms with van der Waals surface area (Å²) in [5, 5.41) is 1.64. The van der Waals surface area contributed by atoms with Crippen molar-refractivity contribution in [1.82, 2.24) is 9.97 Å². The maximum atomic E-state index is 6.85. The molecule has 0 radical (unpaired) electrons. The molecule has 0 amide bonds. The highest BCUT2D eigenvalue weighted by Crippen LogP contribution is 2.43. The predicted molar refractivity (Wildman–Crippen MR) is 128 cm³/mol. The van der Waals surface area contributed by atoms with Gasteiger partial charge < -0.3 is 9.47 Å². The topological polar surface area (TPSA) is 44.2 Å². The van der Waals surface area contributed by atoms with Crippen LogP contribution in [0.3, 0.4) is 0 Å². The molecule has 1 fully saturated rings. The summed E-state index contributed by atoms with van der Waals surface area (Å²) < 4.78 is 11.6. The first-order valence-electron chi connectivity index (χ1n) is 11.0. The van der Waals surface area contributed by atoms with E-state index in [0.717, 1.165) is 70.7 Å². The van der Waals surface area contributed by atoms with E-state index >= 15 is 0 Å². The molecule has 0 N–H and O–H groups in total. The van der Waals surface area contributed by atoms with Crippen molar-refractivity contribution in [3.63, 3.8) is 0 Å². The van der Waals surface area contributed by atoms with E-state index in [1.165, 1.54) is 0 Å². The molecule has 0 bridgehead atoms. The molecule has 4 aromatic rings. The molecule has 0 spiro atoms. The van der Waals surface area contributed by atoms with Crippen molar-refractivity contribution in [2.75, 3.05) is 13.2 Å². The number of rotatable bonds is 5. The lowest BCUT2D eigenvalue weighted by Crippen LogP contribution is -2.16. The Morgan fingerprint density at radius 2 is 1.84 bits per heavy atom. The summed E-state index contributed by atoms with van der Waals surface area (Å²) in [5.74, 6) is 1.10. The zero-order chi connectivity index (χ0) is 21.9. The number of fused-ring (bicyclic) bond motifs is 1. The molecule has 3 heterocycles. The van der Waals surface area contributed by atoms with E-state index in [1.807, 2.05) is 43.5 Å². The van der Waals surface area contributed by atoms with E-state index in [2.05, 4.69) is 35.3 Å². The van der Waals surface area contributed by atoms with Gasteiger partial charge in [0.2, 0.25) is 0 Å². The third kappa shape index (κ3) is 4.34. The highest BCUT2D eigenvalue weighted by molar-refractivity contribution is 6.31. The molecule has 0 unspecified atom stereocenters. The molecule has 2 aromatic heterocycles. The summed E-state index contributed by atoms with van der Waals surface area (Å²) in [5.41, 5.74) is 6.32. The molecule has 0 atom stereocenters. The van der Waals surface area contributed by atoms with Crippen LogP contribution in [-0.4, -0.2) is 23.2 Å². The van der Waals surface area contributed by atoms with E-state index in [4.69, 9.17) is 26.1 Å². The lowest BCUT2D eigenvalue weighted by Gasteiger charge is -2.26. The van der Waals surface area contributed by atoms with E-state index in [1.54, 1.807) is 0 Å². The van der Waals surface area contributed by atoms with Crippen molar-refractivity contribution in [2.24, 2.45) is 0 Å². The number of benzene rings is 2. The minimum Gasteiger partial charge on any atom is -0.489 e. The smallest absolute Gasteiger partial charge is 0.133 e. The van der Waals surface area contributed by atoms with Crippen LogP contribution >= 0.6 is 11.6 Å². The molecule has 1 saturated heterocycles. The fourth-order valence-electron chi connectivity index (χ4n) is 4.43. The Hall–Kier alpha value is -2.95. The first-order chi connectivity index (χ1) is 15.7. The van der Waals surface area contributed by atoms with Crippen molar-refractivity contribution in [2.45, 2.75) is 32.3 Å². The number of aromatic nitrogens is 2. The SMILES string of the molecule is Cc1cc(-c2c(C3CCOCC3)c(Cl)nc3cc(OCc4ccccc4)ccc23)ccn1. The van der Waals surface area contributed by atoms with Crippen LogP contribution in [0.25, 0.3) is 22.0 Å². The van der Waals surface area contributed by atoms with Gasteiger partial charge in [0.05, 0.1) is 5.52 Å². The maximum absolute atomic E-state index is 6.85. The number of ether oxygens (including phenoxy) is 2. The summed E-state index contributed by atoms with van der Waals surface area (Å²) in [6.07, 6.45) is 3.75. The average molecular weight is 445 g/mol. The number of hydrogen-bond acceptors (Lipinski definition) is 4. The zero-order valence-electron chi connectivity index (χ0n) is 18.1. The fraction of sp³-hybridized carbons (Fsp3) is 0.259. The van der Waals surface area contributed by atoms with Crippen molar-refractivity contribution in [3.05, 3.63) is 88.8 Å². The molecule has 4 nitrogen and oxygen atoms in total. The van der Waals surface area contributed by atoms with Crippen LogP contribution < -0.4 is 4.74 Å². The summed E-state index contributed by atoms with van der Waals surface area (Å²) >= 11 is 6.85. The van der Waals surface area contributed by atoms with Crippen molar-refractivity contribution in [3.8, 4) is 16.9 Å². The van der Waals surface area contributed by atoms with Gasteiger partial charge in [0.25, 0.3) is 0 Å². The van der Waals surface area contributed by atoms with Gasteiger partial charge in [-0.15, -0.1) is 0 Å². The van der Waals surface area contributed by atoms with Crippen LogP contribution in [0, 0.1) is 6.92 Å². The first-order valence-corrected chi connectivity index (χ1v) is 11.4. The van der Waals surface area contributed by atoms with E-state index in [9.17, 15) is 0 Å². The highest BCUT2D eigenvalue weighted by atomic mass is 35.5. The molecule has 5 rings (SSSR count). The third-order valence-electron chi connectivity index (χ3n) is 6.01. The molecule has 0 saturated carbocycles. The van der Waals surface area contributed by atoms with Gasteiger partial charge in [0, 0.05) is 42.1 Å². The summed E-state index contributed by atoms with van der Waals surface area (Å²) in [6, 6.07) is 20.4. The second-order valence-electron chi connectivity index (χ2n) is 8.22. The second-order valence-corrected chi connectivity index (χ2v) is 8.58. The molecule has 1 aliphatic rings. The lowest BCUT2D eigenvalue weighted by atomic mass is 9.85. The minimum absolute atomic E-state index is 0.325. The van der Waals surface area contributed by atoms with Crippen LogP contribution in [0.1, 0.15) is 35.6 Å². The van der Waals surface area contributed by atoms with Crippen LogP contribution in [0.15, 0.2) is 66.9 Å². The molecule has 0 aliphatic carbocycles. The Morgan fingerprint density at radius 3 is 2.62 bits per heavy atom. The number of halogens is 1. The lowest BCUT2D eigenvalue weighted by molar-refractivity contribution is 0.0854. The van der Waals surface area contributed by atoms with E-state index < -0.39 is 0 Å². The predicted octanol–water partition coefficient (Wildman–Crippen LogP) is 6.73. The van der Waals surface area contributed by atoms with Gasteiger partial charge in [0.1, 0.15) is 17.5 Å². The first kappa shape index (κ1) is 20.9. The average Bonchev–Trinajstić information content (AvgIpc) is 2.83. The fourth-order valence-corrected chi connectivity index (χ4v) is 4.77. The molecule has 32 heavy (non-hydrogen) atoms. The molecule has 162 valence electrons. The van der Waals surface area contributed by atoms with Crippen LogP contribution in [-0.2, 0) is 11.3 Å². The number of pyridine rings is 2. The number of hydrogen-bond donors (Lipinski definition) is 0. The minimum atomic E-state index is 0.325. The zero-order valence-corrected chi connectivity index (χ0v) is 18.8. The Kier molecular flexibility index (Phi) is 6.06. The van der Waals surface area contributed by atoms with E-state index in [0.29, 0.717) is 17.7 Å². The normalized spacial score (nSPS) is 14.6. The van der Waals surface area contributed by atoms with Gasteiger partial charge in [-0.05, 0) is 66.6 Å². The van der Waals surface area contributed by atoms with Gasteiger partial charge in [-0.1, -0.05) is 41.9 Å². The summed E-state index contributed by atoms with van der Waals surface area (Å²) in [7, 11) is 0. The Labute approximate surface area is 193 Å². The summed E-state index contributed by atoms with van der Waals surface area (Å²) in [6.45, 7) is 4.02. The highest BCUT2D eigenvalue weighted by Gasteiger charge is 2.25. The maximum Gasteiger partial charge on any atom is 0.133 e.